The normalized spacial score (nSPS) is 24.1. The lowest BCUT2D eigenvalue weighted by Crippen LogP contribution is -2.51. The molecule has 0 unspecified atom stereocenters. The van der Waals surface area contributed by atoms with Crippen LogP contribution < -0.4 is 5.73 Å². The van der Waals surface area contributed by atoms with Gasteiger partial charge in [-0.1, -0.05) is 18.6 Å². The van der Waals surface area contributed by atoms with Gasteiger partial charge in [0.25, 0.3) is 0 Å². The van der Waals surface area contributed by atoms with Crippen LogP contribution in [0.4, 0.5) is 0 Å². The fourth-order valence-corrected chi connectivity index (χ4v) is 5.28. The van der Waals surface area contributed by atoms with E-state index in [9.17, 15) is 18.0 Å². The zero-order valence-corrected chi connectivity index (χ0v) is 16.5. The van der Waals surface area contributed by atoms with Crippen molar-refractivity contribution in [2.75, 3.05) is 26.2 Å². The van der Waals surface area contributed by atoms with Crippen molar-refractivity contribution >= 4 is 21.7 Å². The predicted molar refractivity (Wildman–Crippen MR) is 102 cm³/mol. The molecule has 1 aliphatic heterocycles. The molecule has 1 aromatic rings. The van der Waals surface area contributed by atoms with Crippen molar-refractivity contribution in [3.8, 4) is 0 Å². The van der Waals surface area contributed by atoms with Crippen molar-refractivity contribution in [2.24, 2.45) is 11.7 Å². The molecule has 0 spiro atoms. The van der Waals surface area contributed by atoms with Gasteiger partial charge in [0.15, 0.2) is 5.78 Å². The van der Waals surface area contributed by atoms with Crippen molar-refractivity contribution in [1.29, 1.82) is 0 Å². The quantitative estimate of drug-likeness (QED) is 0.759. The summed E-state index contributed by atoms with van der Waals surface area (Å²) in [5.41, 5.74) is 6.53. The Labute approximate surface area is 160 Å². The van der Waals surface area contributed by atoms with E-state index in [1.54, 1.807) is 4.90 Å². The number of amides is 1. The number of rotatable bonds is 5. The van der Waals surface area contributed by atoms with Crippen LogP contribution in [0.25, 0.3) is 0 Å². The van der Waals surface area contributed by atoms with Gasteiger partial charge in [-0.25, -0.2) is 8.42 Å². The molecule has 8 heteroatoms. The average Bonchev–Trinajstić information content (AvgIpc) is 3.06. The molecule has 3 rings (SSSR count). The molecule has 0 aromatic heterocycles. The summed E-state index contributed by atoms with van der Waals surface area (Å²) < 4.78 is 27.0. The van der Waals surface area contributed by atoms with Crippen LogP contribution in [0.5, 0.6) is 0 Å². The molecule has 7 nitrogen and oxygen atoms in total. The molecular weight excluding hydrogens is 366 g/mol. The van der Waals surface area contributed by atoms with Crippen LogP contribution in [0, 0.1) is 5.92 Å². The van der Waals surface area contributed by atoms with E-state index in [0.29, 0.717) is 25.1 Å². The molecule has 27 heavy (non-hydrogen) atoms. The Kier molecular flexibility index (Phi) is 5.98. The number of sulfonamides is 1. The molecule has 148 valence electrons. The molecule has 1 saturated heterocycles. The van der Waals surface area contributed by atoms with Crippen LogP contribution >= 0.6 is 0 Å². The minimum atomic E-state index is -3.62. The number of carbonyl (C=O) groups excluding carboxylic acids is 2. The number of hydrogen-bond donors (Lipinski definition) is 1. The van der Waals surface area contributed by atoms with Gasteiger partial charge in [-0.3, -0.25) is 9.59 Å². The molecular formula is C19H27N3O4S. The van der Waals surface area contributed by atoms with E-state index in [-0.39, 0.29) is 41.6 Å². The Balaban J connectivity index is 1.59. The van der Waals surface area contributed by atoms with Gasteiger partial charge in [0.1, 0.15) is 0 Å². The van der Waals surface area contributed by atoms with Crippen molar-refractivity contribution in [1.82, 2.24) is 9.21 Å². The lowest BCUT2D eigenvalue weighted by Gasteiger charge is -2.34. The predicted octanol–water partition coefficient (Wildman–Crippen LogP) is 1.24. The summed E-state index contributed by atoms with van der Waals surface area (Å²) in [7, 11) is -3.62. The minimum Gasteiger partial charge on any atom is -0.340 e. The molecule has 1 saturated carbocycles. The van der Waals surface area contributed by atoms with Gasteiger partial charge in [-0.15, -0.1) is 0 Å². The van der Waals surface area contributed by atoms with Crippen LogP contribution in [-0.2, 0) is 14.8 Å². The molecule has 2 aliphatic rings. The highest BCUT2D eigenvalue weighted by Crippen LogP contribution is 2.28. The van der Waals surface area contributed by atoms with Gasteiger partial charge >= 0.3 is 0 Å². The van der Waals surface area contributed by atoms with Crippen LogP contribution in [0.3, 0.4) is 0 Å². The summed E-state index contributed by atoms with van der Waals surface area (Å²) in [6, 6.07) is 6.09. The van der Waals surface area contributed by atoms with Gasteiger partial charge in [0, 0.05) is 44.2 Å². The SMILES string of the molecule is CC(=O)c1ccc(S(=O)(=O)N2CCN(C(=O)C[C@@H]3CCC[C@H]3N)CC2)cc1. The smallest absolute Gasteiger partial charge is 0.243 e. The van der Waals surface area contributed by atoms with E-state index in [1.165, 1.54) is 35.5 Å². The molecule has 1 aliphatic carbocycles. The molecule has 1 heterocycles. The second-order valence-electron chi connectivity index (χ2n) is 7.42. The van der Waals surface area contributed by atoms with Crippen LogP contribution in [-0.4, -0.2) is 61.5 Å². The summed E-state index contributed by atoms with van der Waals surface area (Å²) in [4.78, 5) is 25.8. The average molecular weight is 394 g/mol. The highest BCUT2D eigenvalue weighted by molar-refractivity contribution is 7.89. The third-order valence-corrected chi connectivity index (χ3v) is 7.56. The number of carbonyl (C=O) groups is 2. The highest BCUT2D eigenvalue weighted by atomic mass is 32.2. The van der Waals surface area contributed by atoms with Gasteiger partial charge in [0.2, 0.25) is 15.9 Å². The third kappa shape index (κ3) is 4.39. The molecule has 1 amide bonds. The number of piperazine rings is 1. The Morgan fingerprint density at radius 1 is 1.07 bits per heavy atom. The maximum atomic E-state index is 12.8. The van der Waals surface area contributed by atoms with Gasteiger partial charge in [0.05, 0.1) is 4.90 Å². The van der Waals surface area contributed by atoms with Gasteiger partial charge in [-0.05, 0) is 37.8 Å². The summed E-state index contributed by atoms with van der Waals surface area (Å²) in [5, 5.41) is 0. The van der Waals surface area contributed by atoms with Crippen molar-refractivity contribution in [2.45, 2.75) is 43.5 Å². The topological polar surface area (TPSA) is 101 Å². The summed E-state index contributed by atoms with van der Waals surface area (Å²) >= 11 is 0. The fourth-order valence-electron chi connectivity index (χ4n) is 3.86. The largest absolute Gasteiger partial charge is 0.340 e. The first-order valence-electron chi connectivity index (χ1n) is 9.43. The van der Waals surface area contributed by atoms with Crippen molar-refractivity contribution < 1.29 is 18.0 Å². The van der Waals surface area contributed by atoms with E-state index in [1.807, 2.05) is 0 Å². The molecule has 0 radical (unpaired) electrons. The molecule has 2 atom stereocenters. The van der Waals surface area contributed by atoms with E-state index in [0.717, 1.165) is 19.3 Å². The van der Waals surface area contributed by atoms with E-state index < -0.39 is 10.0 Å². The Bertz CT molecular complexity index is 799. The lowest BCUT2D eigenvalue weighted by atomic mass is 9.99. The monoisotopic (exact) mass is 393 g/mol. The third-order valence-electron chi connectivity index (χ3n) is 5.64. The molecule has 1 aromatic carbocycles. The number of ketones is 1. The summed E-state index contributed by atoms with van der Waals surface area (Å²) in [6.45, 7) is 2.79. The Morgan fingerprint density at radius 2 is 1.70 bits per heavy atom. The second kappa shape index (κ2) is 8.08. The number of Topliss-reactive ketones (excluding diaryl/α,β-unsaturated/α-hetero) is 1. The first kappa shape index (κ1) is 20.0. The zero-order valence-electron chi connectivity index (χ0n) is 15.6. The number of hydrogen-bond acceptors (Lipinski definition) is 5. The maximum Gasteiger partial charge on any atom is 0.243 e. The number of nitrogens with two attached hydrogens (primary N) is 1. The van der Waals surface area contributed by atoms with Gasteiger partial charge in [-0.2, -0.15) is 4.31 Å². The standard InChI is InChI=1S/C19H27N3O4S/c1-14(23)15-5-7-17(8-6-15)27(25,26)22-11-9-21(10-12-22)19(24)13-16-3-2-4-18(16)20/h5-8,16,18H,2-4,9-13,20H2,1H3/t16-,18+/m0/s1. The Morgan fingerprint density at radius 3 is 2.22 bits per heavy atom. The minimum absolute atomic E-state index is 0.0696. The fraction of sp³-hybridized carbons (Fsp3) is 0.579. The van der Waals surface area contributed by atoms with Crippen LogP contribution in [0.1, 0.15) is 43.0 Å². The van der Waals surface area contributed by atoms with E-state index in [4.69, 9.17) is 5.73 Å². The molecule has 0 bridgehead atoms. The number of nitrogens with zero attached hydrogens (tertiary/aromatic N) is 2. The van der Waals surface area contributed by atoms with E-state index >= 15 is 0 Å². The summed E-state index contributed by atoms with van der Waals surface area (Å²) in [6.07, 6.45) is 3.51. The first-order valence-corrected chi connectivity index (χ1v) is 10.9. The molecule has 2 fully saturated rings. The van der Waals surface area contributed by atoms with E-state index in [2.05, 4.69) is 0 Å². The highest BCUT2D eigenvalue weighted by Gasteiger charge is 2.32. The first-order chi connectivity index (χ1) is 12.8. The van der Waals surface area contributed by atoms with Crippen molar-refractivity contribution in [3.05, 3.63) is 29.8 Å². The van der Waals surface area contributed by atoms with Crippen LogP contribution in [0.2, 0.25) is 0 Å². The van der Waals surface area contributed by atoms with Crippen LogP contribution in [0.15, 0.2) is 29.2 Å². The lowest BCUT2D eigenvalue weighted by molar-refractivity contribution is -0.133. The second-order valence-corrected chi connectivity index (χ2v) is 9.36. The summed E-state index contributed by atoms with van der Waals surface area (Å²) in [5.74, 6) is 0.215. The van der Waals surface area contributed by atoms with Gasteiger partial charge < -0.3 is 10.6 Å². The molecule has 2 N–H and O–H groups in total. The number of benzene rings is 1. The van der Waals surface area contributed by atoms with Crippen molar-refractivity contribution in [3.63, 3.8) is 0 Å². The zero-order chi connectivity index (χ0) is 19.6. The Hall–Kier alpha value is -1.77. The maximum absolute atomic E-state index is 12.8.